The van der Waals surface area contributed by atoms with Crippen LogP contribution in [-0.2, 0) is 0 Å². The van der Waals surface area contributed by atoms with E-state index >= 15 is 0 Å². The number of hydrogen-bond donors (Lipinski definition) is 2. The molecule has 0 aliphatic carbocycles. The molecule has 1 aliphatic heterocycles. The van der Waals surface area contributed by atoms with Crippen molar-refractivity contribution in [1.29, 1.82) is 0 Å². The Morgan fingerprint density at radius 1 is 0.885 bits per heavy atom. The van der Waals surface area contributed by atoms with Gasteiger partial charge in [0.1, 0.15) is 0 Å². The van der Waals surface area contributed by atoms with E-state index in [0.717, 1.165) is 27.9 Å². The molecular weight excluding hydrogens is 326 g/mol. The van der Waals surface area contributed by atoms with E-state index in [0.29, 0.717) is 0 Å². The summed E-state index contributed by atoms with van der Waals surface area (Å²) in [4.78, 5) is 14.0. The summed E-state index contributed by atoms with van der Waals surface area (Å²) in [6.45, 7) is 0. The number of nitro benzene ring substituents is 1. The molecule has 0 saturated carbocycles. The fourth-order valence-corrected chi connectivity index (χ4v) is 3.79. The molecule has 0 amide bonds. The van der Waals surface area contributed by atoms with Crippen molar-refractivity contribution in [1.82, 2.24) is 4.98 Å². The topological polar surface area (TPSA) is 71.0 Å². The Morgan fingerprint density at radius 3 is 2.46 bits per heavy atom. The van der Waals surface area contributed by atoms with Gasteiger partial charge in [-0.15, -0.1) is 0 Å². The minimum Gasteiger partial charge on any atom is -0.374 e. The number of aromatic nitrogens is 1. The van der Waals surface area contributed by atoms with Gasteiger partial charge >= 0.3 is 0 Å². The molecule has 1 aliphatic rings. The number of anilines is 1. The highest BCUT2D eigenvalue weighted by Crippen LogP contribution is 2.43. The first-order valence-electron chi connectivity index (χ1n) is 8.42. The number of nitrogens with one attached hydrogen (secondary N) is 2. The molecule has 1 atom stereocenters. The molecule has 1 unspecified atom stereocenters. The molecule has 2 N–H and O–H groups in total. The first kappa shape index (κ1) is 14.7. The van der Waals surface area contributed by atoms with Gasteiger partial charge in [-0.3, -0.25) is 10.1 Å². The fraction of sp³-hybridized carbons (Fsp3) is 0.0476. The normalized spacial score (nSPS) is 15.2. The molecular formula is C21H15N3O2. The highest BCUT2D eigenvalue weighted by atomic mass is 16.6. The molecule has 3 aromatic carbocycles. The summed E-state index contributed by atoms with van der Waals surface area (Å²) in [5, 5.41) is 15.8. The predicted molar refractivity (Wildman–Crippen MR) is 102 cm³/mol. The number of non-ortho nitro benzene ring substituents is 1. The van der Waals surface area contributed by atoms with Gasteiger partial charge in [-0.2, -0.15) is 0 Å². The monoisotopic (exact) mass is 341 g/mol. The van der Waals surface area contributed by atoms with Crippen molar-refractivity contribution < 1.29 is 4.92 Å². The Balaban J connectivity index is 1.76. The van der Waals surface area contributed by atoms with Gasteiger partial charge in [-0.1, -0.05) is 30.3 Å². The van der Waals surface area contributed by atoms with Gasteiger partial charge in [0, 0.05) is 46.0 Å². The third-order valence-corrected chi connectivity index (χ3v) is 5.00. The Morgan fingerprint density at radius 2 is 1.65 bits per heavy atom. The maximum atomic E-state index is 11.0. The molecule has 0 radical (unpaired) electrons. The molecule has 0 fully saturated rings. The van der Waals surface area contributed by atoms with Crippen LogP contribution >= 0.6 is 0 Å². The summed E-state index contributed by atoms with van der Waals surface area (Å²) in [6.07, 6.45) is 2.03. The van der Waals surface area contributed by atoms with E-state index in [4.69, 9.17) is 0 Å². The third-order valence-electron chi connectivity index (χ3n) is 5.00. The lowest BCUT2D eigenvalue weighted by Gasteiger charge is -2.19. The van der Waals surface area contributed by atoms with Crippen molar-refractivity contribution >= 4 is 22.3 Å². The van der Waals surface area contributed by atoms with Crippen molar-refractivity contribution in [2.75, 3.05) is 5.32 Å². The second kappa shape index (κ2) is 5.46. The van der Waals surface area contributed by atoms with Crippen LogP contribution in [0.3, 0.4) is 0 Å². The van der Waals surface area contributed by atoms with Gasteiger partial charge in [0.25, 0.3) is 5.69 Å². The highest BCUT2D eigenvalue weighted by molar-refractivity contribution is 6.02. The lowest BCUT2D eigenvalue weighted by Crippen LogP contribution is -2.11. The summed E-state index contributed by atoms with van der Waals surface area (Å²) in [5.74, 6) is 0. The van der Waals surface area contributed by atoms with Crippen molar-refractivity contribution in [3.8, 4) is 11.1 Å². The maximum Gasteiger partial charge on any atom is 0.269 e. The van der Waals surface area contributed by atoms with Crippen LogP contribution in [-0.4, -0.2) is 9.91 Å². The summed E-state index contributed by atoms with van der Waals surface area (Å²) in [7, 11) is 0. The van der Waals surface area contributed by atoms with Crippen LogP contribution in [0.2, 0.25) is 0 Å². The van der Waals surface area contributed by atoms with E-state index in [2.05, 4.69) is 40.6 Å². The SMILES string of the molecule is O=[N+]([O-])c1ccc(C2Nc3ccccc3-c3cccc4[nH]cc2c34)cc1. The van der Waals surface area contributed by atoms with Crippen LogP contribution in [0, 0.1) is 10.1 Å². The molecule has 26 heavy (non-hydrogen) atoms. The van der Waals surface area contributed by atoms with E-state index in [1.54, 1.807) is 12.1 Å². The minimum atomic E-state index is -0.372. The number of nitro groups is 1. The molecule has 0 bridgehead atoms. The zero-order valence-electron chi connectivity index (χ0n) is 13.8. The fourth-order valence-electron chi connectivity index (χ4n) is 3.79. The van der Waals surface area contributed by atoms with Gasteiger partial charge in [-0.25, -0.2) is 0 Å². The Bertz CT molecular complexity index is 1150. The third kappa shape index (κ3) is 2.10. The van der Waals surface area contributed by atoms with Gasteiger partial charge < -0.3 is 10.3 Å². The number of hydrogen-bond acceptors (Lipinski definition) is 3. The minimum absolute atomic E-state index is 0.0886. The van der Waals surface area contributed by atoms with E-state index in [1.807, 2.05) is 30.5 Å². The number of fused-ring (bicyclic) bond motifs is 2. The summed E-state index contributed by atoms with van der Waals surface area (Å²) in [6, 6.07) is 21.2. The molecule has 1 aromatic heterocycles. The van der Waals surface area contributed by atoms with E-state index in [1.165, 1.54) is 10.9 Å². The number of nitrogens with zero attached hydrogens (tertiary/aromatic N) is 1. The van der Waals surface area contributed by atoms with Gasteiger partial charge in [-0.05, 0) is 35.4 Å². The zero-order valence-corrected chi connectivity index (χ0v) is 13.8. The standard InChI is InChI=1S/C21H15N3O2/c25-24(26)14-10-8-13(9-11-14)21-17-12-22-19-7-3-5-16(20(17)19)15-4-1-2-6-18(15)23-21/h1-12,21-23H. The first-order valence-corrected chi connectivity index (χ1v) is 8.42. The van der Waals surface area contributed by atoms with Crippen molar-refractivity contribution in [2.45, 2.75) is 6.04 Å². The largest absolute Gasteiger partial charge is 0.374 e. The van der Waals surface area contributed by atoms with Crippen LogP contribution in [0.15, 0.2) is 72.9 Å². The van der Waals surface area contributed by atoms with Crippen molar-refractivity contribution in [3.05, 3.63) is 94.2 Å². The van der Waals surface area contributed by atoms with E-state index < -0.39 is 0 Å². The lowest BCUT2D eigenvalue weighted by molar-refractivity contribution is -0.384. The number of rotatable bonds is 2. The highest BCUT2D eigenvalue weighted by Gasteiger charge is 2.25. The summed E-state index contributed by atoms with van der Waals surface area (Å²) >= 11 is 0. The second-order valence-electron chi connectivity index (χ2n) is 6.44. The van der Waals surface area contributed by atoms with E-state index in [9.17, 15) is 10.1 Å². The smallest absolute Gasteiger partial charge is 0.269 e. The van der Waals surface area contributed by atoms with Crippen LogP contribution in [0.1, 0.15) is 17.2 Å². The molecule has 0 saturated heterocycles. The average Bonchev–Trinajstić information content (AvgIpc) is 3.04. The molecule has 2 heterocycles. The summed E-state index contributed by atoms with van der Waals surface area (Å²) in [5.41, 5.74) is 6.71. The number of para-hydroxylation sites is 1. The molecule has 126 valence electrons. The quantitative estimate of drug-likeness (QED) is 0.386. The number of aromatic amines is 1. The molecule has 5 nitrogen and oxygen atoms in total. The molecule has 0 spiro atoms. The summed E-state index contributed by atoms with van der Waals surface area (Å²) < 4.78 is 0. The first-order chi connectivity index (χ1) is 12.7. The van der Waals surface area contributed by atoms with Gasteiger partial charge in [0.2, 0.25) is 0 Å². The Labute approximate surface area is 149 Å². The van der Waals surface area contributed by atoms with Crippen LogP contribution in [0.4, 0.5) is 11.4 Å². The second-order valence-corrected chi connectivity index (χ2v) is 6.44. The number of benzene rings is 3. The maximum absolute atomic E-state index is 11.0. The molecule has 5 rings (SSSR count). The Kier molecular flexibility index (Phi) is 3.09. The van der Waals surface area contributed by atoms with E-state index in [-0.39, 0.29) is 16.7 Å². The van der Waals surface area contributed by atoms with Gasteiger partial charge in [0.05, 0.1) is 11.0 Å². The Hall–Kier alpha value is -3.60. The van der Waals surface area contributed by atoms with Crippen molar-refractivity contribution in [2.24, 2.45) is 0 Å². The average molecular weight is 341 g/mol. The zero-order chi connectivity index (χ0) is 17.7. The van der Waals surface area contributed by atoms with Crippen molar-refractivity contribution in [3.63, 3.8) is 0 Å². The van der Waals surface area contributed by atoms with Crippen LogP contribution in [0.25, 0.3) is 22.0 Å². The van der Waals surface area contributed by atoms with Crippen LogP contribution in [0.5, 0.6) is 0 Å². The predicted octanol–water partition coefficient (Wildman–Crippen LogP) is 5.26. The van der Waals surface area contributed by atoms with Crippen LogP contribution < -0.4 is 5.32 Å². The van der Waals surface area contributed by atoms with Gasteiger partial charge in [0.15, 0.2) is 0 Å². The lowest BCUT2D eigenvalue weighted by atomic mass is 9.95. The molecule has 5 heteroatoms. The molecule has 4 aromatic rings. The number of H-pyrrole nitrogens is 1.